The summed E-state index contributed by atoms with van der Waals surface area (Å²) in [6.07, 6.45) is 3.17. The van der Waals surface area contributed by atoms with Gasteiger partial charge in [-0.15, -0.1) is 5.70 Å². The van der Waals surface area contributed by atoms with Crippen LogP contribution in [-0.2, 0) is 37.5 Å². The average molecular weight is 380 g/mol. The Morgan fingerprint density at radius 2 is 2.05 bits per heavy atom. The first-order valence-corrected chi connectivity index (χ1v) is 6.33. The first-order chi connectivity index (χ1) is 9.95. The summed E-state index contributed by atoms with van der Waals surface area (Å²) >= 11 is 0. The van der Waals surface area contributed by atoms with Crippen molar-refractivity contribution in [2.45, 2.75) is 13.3 Å². The summed E-state index contributed by atoms with van der Waals surface area (Å²) in [4.78, 5) is 13.1. The molecule has 1 radical (unpaired) electrons. The van der Waals surface area contributed by atoms with Crippen molar-refractivity contribution in [2.24, 2.45) is 5.92 Å². The molecule has 1 aliphatic rings. The van der Waals surface area contributed by atoms with E-state index in [0.29, 0.717) is 6.42 Å². The van der Waals surface area contributed by atoms with E-state index in [-0.39, 0.29) is 68.2 Å². The Labute approximate surface area is 152 Å². The number of carbonyl (C=O) groups is 1. The van der Waals surface area contributed by atoms with Crippen LogP contribution in [0.15, 0.2) is 12.1 Å². The molecule has 0 saturated heterocycles. The number of amides is 1. The van der Waals surface area contributed by atoms with Gasteiger partial charge in [-0.1, -0.05) is 18.9 Å². The van der Waals surface area contributed by atoms with Gasteiger partial charge in [-0.2, -0.15) is 5.26 Å². The Morgan fingerprint density at radius 3 is 2.59 bits per heavy atom. The minimum Gasteiger partial charge on any atom is -0.479 e. The van der Waals surface area contributed by atoms with E-state index in [2.05, 4.69) is 6.08 Å². The molecule has 1 heterocycles. The Hall–Kier alpha value is -1.32. The molecule has 0 saturated carbocycles. The van der Waals surface area contributed by atoms with Crippen molar-refractivity contribution >= 4 is 11.6 Å². The Morgan fingerprint density at radius 1 is 1.45 bits per heavy atom. The normalized spacial score (nSPS) is 17.4. The monoisotopic (exact) mass is 380 g/mol. The van der Waals surface area contributed by atoms with Gasteiger partial charge in [0.15, 0.2) is 6.61 Å². The molecule has 0 fully saturated rings. The van der Waals surface area contributed by atoms with Crippen LogP contribution in [0.4, 0.5) is 8.78 Å². The molecule has 0 aliphatic carbocycles. The molecule has 1 atom stereocenters. The summed E-state index contributed by atoms with van der Waals surface area (Å²) in [5.41, 5.74) is -0.234. The van der Waals surface area contributed by atoms with Gasteiger partial charge in [0.05, 0.1) is 11.6 Å². The van der Waals surface area contributed by atoms with Crippen molar-refractivity contribution in [3.05, 3.63) is 35.4 Å². The summed E-state index contributed by atoms with van der Waals surface area (Å²) in [6, 6.07) is 3.69. The van der Waals surface area contributed by atoms with Crippen LogP contribution >= 0.6 is 0 Å². The molecular weight excluding hydrogens is 367 g/mol. The molecule has 1 aromatic rings. The summed E-state index contributed by atoms with van der Waals surface area (Å²) in [7, 11) is 1.46. The fourth-order valence-corrected chi connectivity index (χ4v) is 2.13. The molecule has 7 heteroatoms. The van der Waals surface area contributed by atoms with Crippen LogP contribution in [-0.4, -0.2) is 24.5 Å². The second-order valence-electron chi connectivity index (χ2n) is 4.74. The van der Waals surface area contributed by atoms with Crippen molar-refractivity contribution in [3.8, 4) is 11.8 Å². The zero-order valence-electron chi connectivity index (χ0n) is 12.2. The van der Waals surface area contributed by atoms with E-state index < -0.39 is 11.6 Å². The van der Waals surface area contributed by atoms with Gasteiger partial charge < -0.3 is 9.64 Å². The third kappa shape index (κ3) is 3.71. The molecule has 22 heavy (non-hydrogen) atoms. The van der Waals surface area contributed by atoms with Crippen molar-refractivity contribution in [1.82, 2.24) is 4.90 Å². The van der Waals surface area contributed by atoms with Gasteiger partial charge in [0.2, 0.25) is 5.91 Å². The number of allylic oxidation sites excluding steroid dienone is 1. The molecule has 0 bridgehead atoms. The average Bonchev–Trinajstić information content (AvgIpc) is 2.44. The van der Waals surface area contributed by atoms with Gasteiger partial charge in [-0.25, -0.2) is 14.9 Å². The molecule has 2 rings (SSSR count). The first kappa shape index (κ1) is 18.7. The molecular formula is C15H13F2N2O2Y-. The van der Waals surface area contributed by atoms with E-state index >= 15 is 0 Å². The number of ether oxygens (including phenoxy) is 1. The maximum Gasteiger partial charge on any atom is 0.225 e. The number of hydrogen-bond donors (Lipinski definition) is 0. The zero-order chi connectivity index (χ0) is 15.6. The van der Waals surface area contributed by atoms with Gasteiger partial charge in [-0.05, 0) is 12.1 Å². The van der Waals surface area contributed by atoms with Crippen LogP contribution in [0.3, 0.4) is 0 Å². The van der Waals surface area contributed by atoms with E-state index in [1.807, 2.05) is 0 Å². The zero-order valence-corrected chi connectivity index (χ0v) is 15.0. The minimum atomic E-state index is -0.861. The number of carbonyl (C=O) groups excluding carboxylic acids is 1. The molecule has 1 aliphatic heterocycles. The molecule has 0 N–H and O–H groups in total. The summed E-state index contributed by atoms with van der Waals surface area (Å²) in [6.45, 7) is 1.43. The second kappa shape index (κ2) is 7.80. The molecule has 113 valence electrons. The summed E-state index contributed by atoms with van der Waals surface area (Å²) in [5, 5.41) is 8.39. The van der Waals surface area contributed by atoms with Crippen molar-refractivity contribution in [1.29, 1.82) is 5.26 Å². The van der Waals surface area contributed by atoms with Crippen LogP contribution in [0, 0.1) is 35.0 Å². The van der Waals surface area contributed by atoms with E-state index in [9.17, 15) is 13.6 Å². The van der Waals surface area contributed by atoms with Crippen molar-refractivity contribution in [3.63, 3.8) is 0 Å². The smallest absolute Gasteiger partial charge is 0.225 e. The molecule has 1 aromatic carbocycles. The third-order valence-corrected chi connectivity index (χ3v) is 3.22. The fraction of sp³-hybridized carbons (Fsp3) is 0.333. The number of nitriles is 1. The van der Waals surface area contributed by atoms with Gasteiger partial charge in [0.1, 0.15) is 11.8 Å². The standard InChI is InChI=1S/C15H13F2N2O2.Y/c1-9-3-4-13(19(2)15(9)20)14-11(16)7-10(8-12(14)17)21-6-5-18;/h7-9H,3,6H2,1-2H3;/q-1;. The van der Waals surface area contributed by atoms with E-state index in [4.69, 9.17) is 10.00 Å². The van der Waals surface area contributed by atoms with Gasteiger partial charge in [0.25, 0.3) is 0 Å². The Balaban J connectivity index is 0.00000242. The van der Waals surface area contributed by atoms with Crippen LogP contribution in [0.25, 0.3) is 5.70 Å². The maximum atomic E-state index is 14.1. The number of benzene rings is 1. The van der Waals surface area contributed by atoms with Gasteiger partial charge in [-0.3, -0.25) is 4.79 Å². The summed E-state index contributed by atoms with van der Waals surface area (Å²) < 4.78 is 33.1. The molecule has 0 aromatic heterocycles. The number of halogens is 2. The first-order valence-electron chi connectivity index (χ1n) is 6.33. The minimum absolute atomic E-state index is 0. The quantitative estimate of drug-likeness (QED) is 0.758. The van der Waals surface area contributed by atoms with Crippen LogP contribution in [0.5, 0.6) is 5.75 Å². The van der Waals surface area contributed by atoms with Crippen LogP contribution < -0.4 is 4.74 Å². The largest absolute Gasteiger partial charge is 0.479 e. The second-order valence-corrected chi connectivity index (χ2v) is 4.74. The number of rotatable bonds is 3. The van der Waals surface area contributed by atoms with Crippen molar-refractivity contribution in [2.75, 3.05) is 13.7 Å². The predicted molar refractivity (Wildman–Crippen MR) is 70.7 cm³/mol. The number of nitrogens with zero attached hydrogens (tertiary/aromatic N) is 2. The van der Waals surface area contributed by atoms with Crippen LogP contribution in [0.1, 0.15) is 18.9 Å². The van der Waals surface area contributed by atoms with Crippen molar-refractivity contribution < 1.29 is 51.0 Å². The topological polar surface area (TPSA) is 53.3 Å². The van der Waals surface area contributed by atoms with Gasteiger partial charge >= 0.3 is 0 Å². The Bertz CT molecular complexity index is 632. The van der Waals surface area contributed by atoms with Gasteiger partial charge in [0, 0.05) is 45.7 Å². The molecule has 0 spiro atoms. The Kier molecular flexibility index (Phi) is 6.64. The number of hydrogen-bond acceptors (Lipinski definition) is 3. The molecule has 1 unspecified atom stereocenters. The third-order valence-electron chi connectivity index (χ3n) is 3.22. The van der Waals surface area contributed by atoms with E-state index in [0.717, 1.165) is 12.1 Å². The van der Waals surface area contributed by atoms with E-state index in [1.165, 1.54) is 11.9 Å². The van der Waals surface area contributed by atoms with E-state index in [1.54, 1.807) is 13.0 Å². The predicted octanol–water partition coefficient (Wildman–Crippen LogP) is 2.51. The van der Waals surface area contributed by atoms with Crippen LogP contribution in [0.2, 0.25) is 0 Å². The molecule has 4 nitrogen and oxygen atoms in total. The molecule has 1 amide bonds. The summed E-state index contributed by atoms with van der Waals surface area (Å²) in [5.74, 6) is -2.27. The SMILES string of the molecule is CC1C[C-]=C(c2c(F)cc(OCC#N)cc2F)N(C)C1=O.[Y]. The fourth-order valence-electron chi connectivity index (χ4n) is 2.13. The maximum absolute atomic E-state index is 14.1.